The van der Waals surface area contributed by atoms with E-state index >= 15 is 0 Å². The molecule has 0 aromatic heterocycles. The summed E-state index contributed by atoms with van der Waals surface area (Å²) in [6.45, 7) is 2.64. The highest BCUT2D eigenvalue weighted by Gasteiger charge is 2.25. The highest BCUT2D eigenvalue weighted by molar-refractivity contribution is 5.95. The van der Waals surface area contributed by atoms with Crippen LogP contribution >= 0.6 is 0 Å². The fourth-order valence-electron chi connectivity index (χ4n) is 3.77. The van der Waals surface area contributed by atoms with Crippen LogP contribution in [-0.4, -0.2) is 61.1 Å². The van der Waals surface area contributed by atoms with E-state index in [1.165, 1.54) is 64.2 Å². The van der Waals surface area contributed by atoms with Gasteiger partial charge >= 0.3 is 11.9 Å². The van der Waals surface area contributed by atoms with E-state index in [-0.39, 0.29) is 18.6 Å². The molecule has 0 radical (unpaired) electrons. The summed E-state index contributed by atoms with van der Waals surface area (Å²) in [4.78, 5) is 35.0. The van der Waals surface area contributed by atoms with Crippen LogP contribution in [0.3, 0.4) is 0 Å². The van der Waals surface area contributed by atoms with Crippen LogP contribution in [0.2, 0.25) is 0 Å². The van der Waals surface area contributed by atoms with Crippen molar-refractivity contribution in [3.8, 4) is 0 Å². The zero-order chi connectivity index (χ0) is 23.5. The van der Waals surface area contributed by atoms with Gasteiger partial charge in [0.05, 0.1) is 27.6 Å². The molecule has 0 aliphatic heterocycles. The third kappa shape index (κ3) is 21.6. The van der Waals surface area contributed by atoms with Gasteiger partial charge < -0.3 is 14.3 Å². The summed E-state index contributed by atoms with van der Waals surface area (Å²) >= 11 is 0. The lowest BCUT2D eigenvalue weighted by Gasteiger charge is -2.28. The third-order valence-electron chi connectivity index (χ3n) is 5.35. The van der Waals surface area contributed by atoms with Gasteiger partial charge in [0.25, 0.3) is 0 Å². The van der Waals surface area contributed by atoms with Crippen molar-refractivity contribution >= 4 is 17.7 Å². The fourth-order valence-corrected chi connectivity index (χ4v) is 3.77. The van der Waals surface area contributed by atoms with Crippen molar-refractivity contribution < 1.29 is 28.7 Å². The molecule has 1 N–H and O–H groups in total. The fraction of sp³-hybridized carbons (Fsp3) is 0.880. The molecule has 182 valence electrons. The van der Waals surface area contributed by atoms with Crippen molar-refractivity contribution in [2.24, 2.45) is 0 Å². The Labute approximate surface area is 190 Å². The predicted molar refractivity (Wildman–Crippen MR) is 125 cm³/mol. The number of ether oxygens (including phenoxy) is 1. The van der Waals surface area contributed by atoms with Gasteiger partial charge in [0.1, 0.15) is 18.7 Å². The average molecular weight is 443 g/mol. The van der Waals surface area contributed by atoms with E-state index in [2.05, 4.69) is 6.92 Å². The maximum atomic E-state index is 12.0. The van der Waals surface area contributed by atoms with Gasteiger partial charge in [0, 0.05) is 6.42 Å². The summed E-state index contributed by atoms with van der Waals surface area (Å²) in [5.41, 5.74) is 0. The van der Waals surface area contributed by atoms with Crippen LogP contribution in [0.15, 0.2) is 0 Å². The maximum Gasteiger partial charge on any atom is 0.313 e. The summed E-state index contributed by atoms with van der Waals surface area (Å²) in [6, 6.07) is 0. The normalized spacial score (nSPS) is 12.5. The zero-order valence-corrected chi connectivity index (χ0v) is 20.6. The smallest absolute Gasteiger partial charge is 0.313 e. The molecule has 31 heavy (non-hydrogen) atoms. The minimum absolute atomic E-state index is 0.118. The summed E-state index contributed by atoms with van der Waals surface area (Å²) in [5, 5.41) is 9.00. The molecular weight excluding hydrogens is 394 g/mol. The number of likely N-dealkylation sites (N-methyl/N-ethyl adjacent to an activating group) is 1. The number of carbonyl (C=O) groups is 3. The number of Topliss-reactive ketones (excluding diaryl/α,β-unsaturated/α-hetero) is 1. The van der Waals surface area contributed by atoms with E-state index in [1.54, 1.807) is 0 Å². The first-order valence-electron chi connectivity index (χ1n) is 12.4. The van der Waals surface area contributed by atoms with Crippen molar-refractivity contribution in [1.29, 1.82) is 0 Å². The number of ketones is 1. The highest BCUT2D eigenvalue weighted by atomic mass is 16.5. The van der Waals surface area contributed by atoms with Crippen LogP contribution in [0.4, 0.5) is 0 Å². The van der Waals surface area contributed by atoms with Gasteiger partial charge in [-0.15, -0.1) is 0 Å². The topological polar surface area (TPSA) is 80.7 Å². The molecule has 6 nitrogen and oxygen atoms in total. The second-order valence-corrected chi connectivity index (χ2v) is 9.89. The van der Waals surface area contributed by atoms with Crippen molar-refractivity contribution in [3.05, 3.63) is 0 Å². The Morgan fingerprint density at radius 2 is 1.23 bits per heavy atom. The van der Waals surface area contributed by atoms with Crippen LogP contribution in [0, 0.1) is 0 Å². The van der Waals surface area contributed by atoms with Gasteiger partial charge in [0.15, 0.2) is 6.10 Å². The number of hydrogen-bond acceptors (Lipinski definition) is 4. The van der Waals surface area contributed by atoms with Crippen molar-refractivity contribution in [3.63, 3.8) is 0 Å². The molecule has 0 aliphatic rings. The lowest BCUT2D eigenvalue weighted by Crippen LogP contribution is -2.44. The molecule has 0 saturated heterocycles. The molecule has 0 aliphatic carbocycles. The van der Waals surface area contributed by atoms with E-state index in [4.69, 9.17) is 9.84 Å². The number of carbonyl (C=O) groups excluding carboxylic acids is 2. The number of rotatable bonds is 21. The second kappa shape index (κ2) is 18.2. The lowest BCUT2D eigenvalue weighted by molar-refractivity contribution is -0.873. The van der Waals surface area contributed by atoms with E-state index in [0.29, 0.717) is 17.4 Å². The number of carboxylic acid groups (broad SMARTS) is 1. The molecule has 0 fully saturated rings. The Kier molecular flexibility index (Phi) is 17.3. The predicted octanol–water partition coefficient (Wildman–Crippen LogP) is 5.52. The average Bonchev–Trinajstić information content (AvgIpc) is 2.63. The molecule has 0 heterocycles. The molecule has 0 bridgehead atoms. The number of nitrogens with zero attached hydrogens (tertiary/aromatic N) is 1. The number of aliphatic carboxylic acids is 1. The monoisotopic (exact) mass is 442 g/mol. The van der Waals surface area contributed by atoms with Crippen LogP contribution < -0.4 is 0 Å². The summed E-state index contributed by atoms with van der Waals surface area (Å²) in [5.74, 6) is -1.74. The van der Waals surface area contributed by atoms with E-state index in [9.17, 15) is 14.4 Å². The number of quaternary nitrogens is 1. The number of esters is 1. The van der Waals surface area contributed by atoms with Gasteiger partial charge in [0.2, 0.25) is 0 Å². The van der Waals surface area contributed by atoms with Crippen molar-refractivity contribution in [2.75, 3.05) is 27.7 Å². The van der Waals surface area contributed by atoms with E-state index in [1.807, 2.05) is 21.1 Å². The Hall–Kier alpha value is -1.43. The molecule has 0 aromatic rings. The molecule has 0 amide bonds. The minimum Gasteiger partial charge on any atom is -0.481 e. The van der Waals surface area contributed by atoms with Crippen LogP contribution in [-0.2, 0) is 19.1 Å². The highest BCUT2D eigenvalue weighted by Crippen LogP contribution is 2.13. The first-order chi connectivity index (χ1) is 14.6. The SMILES string of the molecule is CCCCCCCCCCCCCCCC(=O)CC(=O)OC(CC(=O)O)C[N+](C)(C)C. The molecule has 0 rings (SSSR count). The number of carboxylic acids is 1. The Morgan fingerprint density at radius 3 is 1.65 bits per heavy atom. The van der Waals surface area contributed by atoms with Gasteiger partial charge in [-0.1, -0.05) is 84.0 Å². The minimum atomic E-state index is -1.01. The molecule has 0 spiro atoms. The van der Waals surface area contributed by atoms with Gasteiger partial charge in [-0.25, -0.2) is 0 Å². The molecule has 0 aromatic carbocycles. The Morgan fingerprint density at radius 1 is 0.774 bits per heavy atom. The van der Waals surface area contributed by atoms with Crippen molar-refractivity contribution in [1.82, 2.24) is 0 Å². The summed E-state index contributed by atoms with van der Waals surface area (Å²) in [7, 11) is 5.72. The lowest BCUT2D eigenvalue weighted by atomic mass is 10.0. The Balaban J connectivity index is 3.75. The van der Waals surface area contributed by atoms with Crippen LogP contribution in [0.1, 0.15) is 110 Å². The second-order valence-electron chi connectivity index (χ2n) is 9.89. The number of hydrogen-bond donors (Lipinski definition) is 1. The standard InChI is InChI=1S/C25H47NO5/c1-5-6-7-8-9-10-11-12-13-14-15-16-17-18-22(27)19-25(30)31-23(20-24(28)29)21-26(2,3)4/h23H,5-21H2,1-4H3/p+1. The van der Waals surface area contributed by atoms with Crippen LogP contribution in [0.5, 0.6) is 0 Å². The molecule has 0 saturated carbocycles. The molecular formula is C25H48NO5+. The molecule has 1 atom stereocenters. The molecule has 1 unspecified atom stereocenters. The maximum absolute atomic E-state index is 12.0. The van der Waals surface area contributed by atoms with Gasteiger partial charge in [-0.3, -0.25) is 14.4 Å². The van der Waals surface area contributed by atoms with Gasteiger partial charge in [-0.2, -0.15) is 0 Å². The molecule has 6 heteroatoms. The largest absolute Gasteiger partial charge is 0.481 e. The van der Waals surface area contributed by atoms with E-state index < -0.39 is 18.0 Å². The first kappa shape index (κ1) is 29.6. The van der Waals surface area contributed by atoms with Gasteiger partial charge in [-0.05, 0) is 6.42 Å². The van der Waals surface area contributed by atoms with Crippen LogP contribution in [0.25, 0.3) is 0 Å². The van der Waals surface area contributed by atoms with E-state index in [0.717, 1.165) is 19.3 Å². The summed E-state index contributed by atoms with van der Waals surface area (Å²) < 4.78 is 5.75. The third-order valence-corrected chi connectivity index (χ3v) is 5.35. The first-order valence-corrected chi connectivity index (χ1v) is 12.4. The quantitative estimate of drug-likeness (QED) is 0.110. The Bertz CT molecular complexity index is 499. The zero-order valence-electron chi connectivity index (χ0n) is 20.6. The number of unbranched alkanes of at least 4 members (excludes halogenated alkanes) is 12. The van der Waals surface area contributed by atoms with Crippen molar-refractivity contribution in [2.45, 2.75) is 116 Å². The summed E-state index contributed by atoms with van der Waals surface area (Å²) in [6.07, 6.45) is 15.4.